The van der Waals surface area contributed by atoms with Gasteiger partial charge in [-0.05, 0) is 24.6 Å². The number of carboxylic acids is 1. The number of carboxylic acid groups (broad SMARTS) is 1. The number of amides is 1. The molecule has 26 heavy (non-hydrogen) atoms. The minimum Gasteiger partial charge on any atom is -0.480 e. The molecule has 1 aromatic rings. The molecule has 2 saturated heterocycles. The number of hydrogen-bond acceptors (Lipinski definition) is 6. The van der Waals surface area contributed by atoms with Crippen LogP contribution in [0.5, 0.6) is 0 Å². The van der Waals surface area contributed by atoms with Crippen molar-refractivity contribution in [3.05, 3.63) is 29.8 Å². The summed E-state index contributed by atoms with van der Waals surface area (Å²) in [5, 5.41) is 8.78. The van der Waals surface area contributed by atoms with E-state index in [1.54, 1.807) is 4.90 Å². The number of aliphatic imine (C=N–C) groups is 1. The van der Waals surface area contributed by atoms with E-state index in [0.29, 0.717) is 5.17 Å². The summed E-state index contributed by atoms with van der Waals surface area (Å²) >= 11 is 1.26. The Morgan fingerprint density at radius 3 is 2.81 bits per heavy atom. The molecule has 2 aliphatic rings. The van der Waals surface area contributed by atoms with Gasteiger partial charge >= 0.3 is 5.97 Å². The van der Waals surface area contributed by atoms with Gasteiger partial charge in [-0.1, -0.05) is 23.9 Å². The summed E-state index contributed by atoms with van der Waals surface area (Å²) in [7, 11) is -3.12. The fourth-order valence-electron chi connectivity index (χ4n) is 3.01. The number of aryl methyl sites for hydroxylation is 1. The first-order chi connectivity index (χ1) is 12.2. The number of fused-ring (bicyclic) bond motifs is 1. The third-order valence-corrected chi connectivity index (χ3v) is 7.23. The van der Waals surface area contributed by atoms with Crippen LogP contribution in [-0.4, -0.2) is 66.6 Å². The standard InChI is InChI=1S/C16H18N2O6S2/c1-10-3-2-4-11(5-10)18-12-8-26(22,23)9-13(12)25-16(18)17-14(19)6-24-7-15(20)21/h2-5,12-13H,6-9H2,1H3,(H,20,21). The van der Waals surface area contributed by atoms with E-state index in [0.717, 1.165) is 11.3 Å². The van der Waals surface area contributed by atoms with Crippen LogP contribution in [0, 0.1) is 6.92 Å². The number of thioether (sulfide) groups is 1. The van der Waals surface area contributed by atoms with Crippen molar-refractivity contribution in [2.45, 2.75) is 18.2 Å². The number of sulfone groups is 1. The smallest absolute Gasteiger partial charge is 0.329 e. The number of rotatable bonds is 5. The molecule has 10 heteroatoms. The molecular weight excluding hydrogens is 380 g/mol. The topological polar surface area (TPSA) is 113 Å². The molecule has 2 unspecified atom stereocenters. The van der Waals surface area contributed by atoms with Crippen LogP contribution in [0.4, 0.5) is 5.69 Å². The SMILES string of the molecule is Cc1cccc(N2C(=NC(=O)COCC(=O)O)SC3CS(=O)(=O)CC32)c1. The average molecular weight is 398 g/mol. The molecule has 3 rings (SSSR count). The van der Waals surface area contributed by atoms with E-state index in [1.165, 1.54) is 11.8 Å². The van der Waals surface area contributed by atoms with Gasteiger partial charge in [0.2, 0.25) is 0 Å². The Morgan fingerprint density at radius 1 is 1.35 bits per heavy atom. The lowest BCUT2D eigenvalue weighted by molar-refractivity contribution is -0.143. The maximum absolute atomic E-state index is 12.0. The lowest BCUT2D eigenvalue weighted by atomic mass is 10.1. The molecule has 1 aromatic carbocycles. The molecule has 0 radical (unpaired) electrons. The number of benzene rings is 1. The second-order valence-electron chi connectivity index (χ2n) is 6.18. The minimum absolute atomic E-state index is 0.0152. The second kappa shape index (κ2) is 7.37. The van der Waals surface area contributed by atoms with Crippen LogP contribution in [0.15, 0.2) is 29.3 Å². The lowest BCUT2D eigenvalue weighted by Crippen LogP contribution is -2.37. The van der Waals surface area contributed by atoms with Crippen LogP contribution < -0.4 is 4.90 Å². The van der Waals surface area contributed by atoms with Gasteiger partial charge in [-0.25, -0.2) is 13.2 Å². The highest BCUT2D eigenvalue weighted by atomic mass is 32.2. The first-order valence-electron chi connectivity index (χ1n) is 7.89. The molecule has 0 aliphatic carbocycles. The van der Waals surface area contributed by atoms with E-state index < -0.39 is 34.9 Å². The van der Waals surface area contributed by atoms with Crippen molar-refractivity contribution in [2.75, 3.05) is 29.6 Å². The van der Waals surface area contributed by atoms with Gasteiger partial charge in [-0.15, -0.1) is 0 Å². The van der Waals surface area contributed by atoms with Crippen molar-refractivity contribution in [1.29, 1.82) is 0 Å². The predicted octanol–water partition coefficient (Wildman–Crippen LogP) is 0.698. The van der Waals surface area contributed by atoms with E-state index >= 15 is 0 Å². The van der Waals surface area contributed by atoms with E-state index in [4.69, 9.17) is 9.84 Å². The Bertz CT molecular complexity index is 867. The Morgan fingerprint density at radius 2 is 2.12 bits per heavy atom. The van der Waals surface area contributed by atoms with Crippen LogP contribution >= 0.6 is 11.8 Å². The molecule has 0 bridgehead atoms. The van der Waals surface area contributed by atoms with Gasteiger partial charge in [0, 0.05) is 10.9 Å². The minimum atomic E-state index is -3.12. The number of anilines is 1. The fourth-order valence-corrected chi connectivity index (χ4v) is 6.94. The third kappa shape index (κ3) is 4.25. The normalized spacial score (nSPS) is 25.4. The van der Waals surface area contributed by atoms with Gasteiger partial charge in [0.25, 0.3) is 5.91 Å². The van der Waals surface area contributed by atoms with E-state index in [-0.39, 0.29) is 22.8 Å². The van der Waals surface area contributed by atoms with Gasteiger partial charge < -0.3 is 14.7 Å². The number of hydrogen-bond donors (Lipinski definition) is 1. The van der Waals surface area contributed by atoms with Crippen molar-refractivity contribution in [1.82, 2.24) is 0 Å². The Kier molecular flexibility index (Phi) is 5.35. The lowest BCUT2D eigenvalue weighted by Gasteiger charge is -2.24. The number of nitrogens with zero attached hydrogens (tertiary/aromatic N) is 2. The van der Waals surface area contributed by atoms with Gasteiger partial charge in [-0.2, -0.15) is 4.99 Å². The maximum atomic E-state index is 12.0. The summed E-state index contributed by atoms with van der Waals surface area (Å²) in [6.45, 7) is 0.914. The Hall–Kier alpha value is -1.91. The molecule has 2 heterocycles. The van der Waals surface area contributed by atoms with Gasteiger partial charge in [0.05, 0.1) is 17.5 Å². The highest BCUT2D eigenvalue weighted by Crippen LogP contribution is 2.41. The summed E-state index contributed by atoms with van der Waals surface area (Å²) in [5.74, 6) is -1.70. The van der Waals surface area contributed by atoms with Crippen LogP contribution in [-0.2, 0) is 24.2 Å². The molecule has 0 saturated carbocycles. The fraction of sp³-hybridized carbons (Fsp3) is 0.438. The molecular formula is C16H18N2O6S2. The van der Waals surface area contributed by atoms with E-state index in [9.17, 15) is 18.0 Å². The van der Waals surface area contributed by atoms with Crippen molar-refractivity contribution >= 4 is 44.3 Å². The number of amidine groups is 1. The molecule has 140 valence electrons. The summed E-state index contributed by atoms with van der Waals surface area (Å²) < 4.78 is 28.8. The van der Waals surface area contributed by atoms with Crippen molar-refractivity contribution < 1.29 is 27.9 Å². The second-order valence-corrected chi connectivity index (χ2v) is 9.54. The number of aliphatic carboxylic acids is 1. The molecule has 2 atom stereocenters. The summed E-state index contributed by atoms with van der Waals surface area (Å²) in [5.41, 5.74) is 1.78. The number of carbonyl (C=O) groups excluding carboxylic acids is 1. The predicted molar refractivity (Wildman–Crippen MR) is 98.4 cm³/mol. The molecule has 0 spiro atoms. The summed E-state index contributed by atoms with van der Waals surface area (Å²) in [6, 6.07) is 7.27. The maximum Gasteiger partial charge on any atom is 0.329 e. The van der Waals surface area contributed by atoms with Crippen molar-refractivity contribution in [2.24, 2.45) is 4.99 Å². The zero-order valence-electron chi connectivity index (χ0n) is 14.0. The average Bonchev–Trinajstić information content (AvgIpc) is 2.97. The first-order valence-corrected chi connectivity index (χ1v) is 10.6. The van der Waals surface area contributed by atoms with Gasteiger partial charge in [-0.3, -0.25) is 4.79 Å². The molecule has 8 nitrogen and oxygen atoms in total. The number of ether oxygens (including phenoxy) is 1. The van der Waals surface area contributed by atoms with E-state index in [1.807, 2.05) is 31.2 Å². The zero-order valence-corrected chi connectivity index (χ0v) is 15.6. The summed E-state index contributed by atoms with van der Waals surface area (Å²) in [6.07, 6.45) is 0. The first kappa shape index (κ1) is 18.9. The molecule has 0 aromatic heterocycles. The quantitative estimate of drug-likeness (QED) is 0.771. The zero-order chi connectivity index (χ0) is 18.9. The largest absolute Gasteiger partial charge is 0.480 e. The van der Waals surface area contributed by atoms with Crippen LogP contribution in [0.2, 0.25) is 0 Å². The number of carbonyl (C=O) groups is 2. The third-order valence-electron chi connectivity index (χ3n) is 4.02. The molecule has 2 aliphatic heterocycles. The molecule has 2 fully saturated rings. The molecule has 1 amide bonds. The monoisotopic (exact) mass is 398 g/mol. The van der Waals surface area contributed by atoms with Gasteiger partial charge in [0.15, 0.2) is 15.0 Å². The van der Waals surface area contributed by atoms with Crippen molar-refractivity contribution in [3.63, 3.8) is 0 Å². The van der Waals surface area contributed by atoms with Gasteiger partial charge in [0.1, 0.15) is 13.2 Å². The summed E-state index contributed by atoms with van der Waals surface area (Å²) in [4.78, 5) is 28.3. The van der Waals surface area contributed by atoms with E-state index in [2.05, 4.69) is 4.99 Å². The highest BCUT2D eigenvalue weighted by Gasteiger charge is 2.49. The molecule has 1 N–H and O–H groups in total. The van der Waals surface area contributed by atoms with Crippen molar-refractivity contribution in [3.8, 4) is 0 Å². The Balaban J connectivity index is 1.85. The van der Waals surface area contributed by atoms with Crippen LogP contribution in [0.1, 0.15) is 5.56 Å². The highest BCUT2D eigenvalue weighted by molar-refractivity contribution is 8.16. The Labute approximate surface area is 155 Å². The van der Waals surface area contributed by atoms with Crippen LogP contribution in [0.3, 0.4) is 0 Å². The van der Waals surface area contributed by atoms with Crippen LogP contribution in [0.25, 0.3) is 0 Å².